The van der Waals surface area contributed by atoms with Crippen LogP contribution in [0.3, 0.4) is 0 Å². The lowest BCUT2D eigenvalue weighted by molar-refractivity contribution is -0.118. The maximum absolute atomic E-state index is 13.2. The first-order valence-corrected chi connectivity index (χ1v) is 7.49. The summed E-state index contributed by atoms with van der Waals surface area (Å²) < 4.78 is 26.4. The molecule has 0 bridgehead atoms. The van der Waals surface area contributed by atoms with Crippen LogP contribution >= 0.6 is 0 Å². The zero-order chi connectivity index (χ0) is 17.7. The minimum atomic E-state index is -0.843. The fourth-order valence-electron chi connectivity index (χ4n) is 2.20. The normalized spacial score (nSPS) is 11.9. The summed E-state index contributed by atoms with van der Waals surface area (Å²) in [6, 6.07) is 10.4. The number of hydrogen-bond donors (Lipinski definition) is 2. The van der Waals surface area contributed by atoms with Crippen molar-refractivity contribution >= 4 is 17.5 Å². The molecule has 2 aromatic carbocycles. The quantitative estimate of drug-likeness (QED) is 0.882. The van der Waals surface area contributed by atoms with Crippen molar-refractivity contribution in [1.29, 1.82) is 0 Å². The van der Waals surface area contributed by atoms with Gasteiger partial charge in [-0.15, -0.1) is 0 Å². The first-order chi connectivity index (χ1) is 11.4. The Kier molecular flexibility index (Phi) is 5.63. The Morgan fingerprint density at radius 3 is 2.08 bits per heavy atom. The van der Waals surface area contributed by atoms with E-state index in [9.17, 15) is 18.4 Å². The summed E-state index contributed by atoms with van der Waals surface area (Å²) in [5.41, 5.74) is 0.421. The number of rotatable bonds is 5. The van der Waals surface area contributed by atoms with Crippen LogP contribution in [0.25, 0.3) is 0 Å². The van der Waals surface area contributed by atoms with E-state index in [1.807, 2.05) is 0 Å². The zero-order valence-electron chi connectivity index (χ0n) is 13.3. The Labute approximate surface area is 138 Å². The molecule has 126 valence electrons. The number of carbonyl (C=O) groups excluding carboxylic acids is 2. The van der Waals surface area contributed by atoms with Crippen molar-refractivity contribution in [3.05, 3.63) is 65.7 Å². The molecule has 0 saturated carbocycles. The monoisotopic (exact) mass is 332 g/mol. The molecular weight excluding hydrogens is 314 g/mol. The summed E-state index contributed by atoms with van der Waals surface area (Å²) in [7, 11) is 0. The second-order valence-electron chi connectivity index (χ2n) is 5.71. The molecule has 6 heteroatoms. The minimum absolute atomic E-state index is 0.00268. The van der Waals surface area contributed by atoms with E-state index in [0.717, 1.165) is 12.1 Å². The number of amides is 2. The summed E-state index contributed by atoms with van der Waals surface area (Å²) in [4.78, 5) is 24.6. The SMILES string of the molecule is CC(C)C(NC(=O)c1ccccc1)C(=O)Nc1cc(F)cc(F)c1. The Morgan fingerprint density at radius 2 is 1.54 bits per heavy atom. The third kappa shape index (κ3) is 4.62. The molecule has 0 aliphatic heterocycles. The lowest BCUT2D eigenvalue weighted by Gasteiger charge is -2.21. The van der Waals surface area contributed by atoms with Crippen LogP contribution in [0.15, 0.2) is 48.5 Å². The standard InChI is InChI=1S/C18H18F2N2O2/c1-11(2)16(22-17(23)12-6-4-3-5-7-12)18(24)21-15-9-13(19)8-14(20)10-15/h3-11,16H,1-2H3,(H,21,24)(H,22,23). The highest BCUT2D eigenvalue weighted by molar-refractivity contribution is 6.01. The van der Waals surface area contributed by atoms with Crippen molar-refractivity contribution in [2.45, 2.75) is 19.9 Å². The fourth-order valence-corrected chi connectivity index (χ4v) is 2.20. The largest absolute Gasteiger partial charge is 0.340 e. The molecule has 0 heterocycles. The molecule has 1 atom stereocenters. The second kappa shape index (κ2) is 7.68. The van der Waals surface area contributed by atoms with Gasteiger partial charge < -0.3 is 10.6 Å². The Morgan fingerprint density at radius 1 is 0.958 bits per heavy atom. The van der Waals surface area contributed by atoms with Crippen molar-refractivity contribution in [1.82, 2.24) is 5.32 Å². The molecule has 0 radical (unpaired) electrons. The van der Waals surface area contributed by atoms with E-state index in [1.54, 1.807) is 44.2 Å². The first-order valence-electron chi connectivity index (χ1n) is 7.49. The van der Waals surface area contributed by atoms with Crippen LogP contribution in [0.4, 0.5) is 14.5 Å². The van der Waals surface area contributed by atoms with E-state index in [2.05, 4.69) is 10.6 Å². The summed E-state index contributed by atoms with van der Waals surface area (Å²) >= 11 is 0. The van der Waals surface area contributed by atoms with E-state index < -0.39 is 29.5 Å². The molecule has 0 aliphatic rings. The predicted molar refractivity (Wildman–Crippen MR) is 87.5 cm³/mol. The highest BCUT2D eigenvalue weighted by atomic mass is 19.1. The minimum Gasteiger partial charge on any atom is -0.340 e. The third-order valence-electron chi connectivity index (χ3n) is 3.40. The van der Waals surface area contributed by atoms with Crippen LogP contribution in [-0.4, -0.2) is 17.9 Å². The molecule has 0 saturated heterocycles. The van der Waals surface area contributed by atoms with Crippen molar-refractivity contribution in [2.24, 2.45) is 5.92 Å². The molecule has 0 spiro atoms. The molecule has 0 aliphatic carbocycles. The zero-order valence-corrected chi connectivity index (χ0v) is 13.3. The molecule has 0 fully saturated rings. The van der Waals surface area contributed by atoms with Gasteiger partial charge >= 0.3 is 0 Å². The molecule has 1 unspecified atom stereocenters. The van der Waals surface area contributed by atoms with E-state index in [1.165, 1.54) is 0 Å². The van der Waals surface area contributed by atoms with Gasteiger partial charge in [0.15, 0.2) is 0 Å². The smallest absolute Gasteiger partial charge is 0.251 e. The van der Waals surface area contributed by atoms with Gasteiger partial charge in [-0.3, -0.25) is 9.59 Å². The van der Waals surface area contributed by atoms with Crippen LogP contribution in [0.1, 0.15) is 24.2 Å². The molecular formula is C18H18F2N2O2. The third-order valence-corrected chi connectivity index (χ3v) is 3.40. The van der Waals surface area contributed by atoms with Crippen LogP contribution in [-0.2, 0) is 4.79 Å². The molecule has 2 aromatic rings. The molecule has 4 nitrogen and oxygen atoms in total. The van der Waals surface area contributed by atoms with Gasteiger partial charge in [0, 0.05) is 17.3 Å². The molecule has 2 rings (SSSR count). The lowest BCUT2D eigenvalue weighted by Crippen LogP contribution is -2.47. The molecule has 24 heavy (non-hydrogen) atoms. The molecule has 0 aromatic heterocycles. The summed E-state index contributed by atoms with van der Waals surface area (Å²) in [5.74, 6) is -2.73. The van der Waals surface area contributed by atoms with Gasteiger partial charge in [0.05, 0.1) is 0 Å². The van der Waals surface area contributed by atoms with E-state index in [0.29, 0.717) is 11.6 Å². The highest BCUT2D eigenvalue weighted by Gasteiger charge is 2.25. The Hall–Kier alpha value is -2.76. The van der Waals surface area contributed by atoms with E-state index in [4.69, 9.17) is 0 Å². The number of carbonyl (C=O) groups is 2. The van der Waals surface area contributed by atoms with Crippen molar-refractivity contribution in [2.75, 3.05) is 5.32 Å². The Balaban J connectivity index is 2.12. The van der Waals surface area contributed by atoms with Crippen LogP contribution in [0.5, 0.6) is 0 Å². The number of nitrogens with one attached hydrogen (secondary N) is 2. The predicted octanol–water partition coefficient (Wildman–Crippen LogP) is 3.36. The number of benzene rings is 2. The highest BCUT2D eigenvalue weighted by Crippen LogP contribution is 2.14. The average molecular weight is 332 g/mol. The van der Waals surface area contributed by atoms with Gasteiger partial charge in [0.2, 0.25) is 5.91 Å². The van der Waals surface area contributed by atoms with E-state index in [-0.39, 0.29) is 11.6 Å². The summed E-state index contributed by atoms with van der Waals surface area (Å²) in [6.07, 6.45) is 0. The van der Waals surface area contributed by atoms with Crippen molar-refractivity contribution < 1.29 is 18.4 Å². The summed E-state index contributed by atoms with van der Waals surface area (Å²) in [5, 5.41) is 5.07. The second-order valence-corrected chi connectivity index (χ2v) is 5.71. The van der Waals surface area contributed by atoms with Crippen LogP contribution in [0.2, 0.25) is 0 Å². The number of hydrogen-bond acceptors (Lipinski definition) is 2. The van der Waals surface area contributed by atoms with Gasteiger partial charge in [-0.2, -0.15) is 0 Å². The number of anilines is 1. The van der Waals surface area contributed by atoms with Crippen LogP contribution in [0, 0.1) is 17.6 Å². The van der Waals surface area contributed by atoms with Crippen molar-refractivity contribution in [3.8, 4) is 0 Å². The summed E-state index contributed by atoms with van der Waals surface area (Å²) in [6.45, 7) is 3.53. The average Bonchev–Trinajstić information content (AvgIpc) is 2.51. The molecule has 2 N–H and O–H groups in total. The number of halogens is 2. The van der Waals surface area contributed by atoms with Crippen LogP contribution < -0.4 is 10.6 Å². The van der Waals surface area contributed by atoms with Gasteiger partial charge in [-0.25, -0.2) is 8.78 Å². The van der Waals surface area contributed by atoms with Gasteiger partial charge in [-0.1, -0.05) is 32.0 Å². The first kappa shape index (κ1) is 17.6. The van der Waals surface area contributed by atoms with E-state index >= 15 is 0 Å². The van der Waals surface area contributed by atoms with Crippen molar-refractivity contribution in [3.63, 3.8) is 0 Å². The Bertz CT molecular complexity index is 713. The lowest BCUT2D eigenvalue weighted by atomic mass is 10.0. The van der Waals surface area contributed by atoms with Gasteiger partial charge in [0.25, 0.3) is 5.91 Å². The van der Waals surface area contributed by atoms with Gasteiger partial charge in [-0.05, 0) is 30.2 Å². The maximum Gasteiger partial charge on any atom is 0.251 e. The fraction of sp³-hybridized carbons (Fsp3) is 0.222. The van der Waals surface area contributed by atoms with Gasteiger partial charge in [0.1, 0.15) is 17.7 Å². The maximum atomic E-state index is 13.2. The topological polar surface area (TPSA) is 58.2 Å². The molecule has 2 amide bonds.